The fraction of sp³-hybridized carbons (Fsp3) is 0.467. The number of carbonyl (C=O) groups is 2. The molecule has 1 heterocycles. The second-order valence-electron chi connectivity index (χ2n) is 5.37. The zero-order chi connectivity index (χ0) is 13.9. The number of esters is 2. The van der Waals surface area contributed by atoms with Crippen molar-refractivity contribution < 1.29 is 19.1 Å². The third-order valence-electron chi connectivity index (χ3n) is 3.38. The molecule has 1 aliphatic heterocycles. The highest BCUT2D eigenvalue weighted by atomic mass is 16.5. The number of hydrogen-bond donors (Lipinski definition) is 1. The summed E-state index contributed by atoms with van der Waals surface area (Å²) in [4.78, 5) is 22.9. The second-order valence-corrected chi connectivity index (χ2v) is 5.37. The van der Waals surface area contributed by atoms with Gasteiger partial charge in [0, 0.05) is 6.42 Å². The summed E-state index contributed by atoms with van der Waals surface area (Å²) in [5.74, 6) is -0.182. The maximum absolute atomic E-state index is 11.4. The quantitative estimate of drug-likeness (QED) is 0.629. The number of nitrogens with one attached hydrogen (secondary N) is 1. The Morgan fingerprint density at radius 2 is 1.65 bits per heavy atom. The highest BCUT2D eigenvalue weighted by Gasteiger charge is 2.31. The van der Waals surface area contributed by atoms with Gasteiger partial charge >= 0.3 is 11.9 Å². The first-order valence-corrected chi connectivity index (χ1v) is 6.96. The van der Waals surface area contributed by atoms with E-state index in [9.17, 15) is 9.59 Å². The number of rotatable bonds is 4. The molecule has 3 aliphatic rings. The van der Waals surface area contributed by atoms with Crippen LogP contribution in [0.25, 0.3) is 0 Å². The molecule has 0 saturated heterocycles. The Bertz CT molecular complexity index is 510. The lowest BCUT2D eigenvalue weighted by molar-refractivity contribution is -0.140. The van der Waals surface area contributed by atoms with Gasteiger partial charge in [-0.05, 0) is 31.8 Å². The molecule has 2 fully saturated rings. The zero-order valence-corrected chi connectivity index (χ0v) is 11.1. The minimum absolute atomic E-state index is 0.0777. The Hall–Kier alpha value is -2.04. The van der Waals surface area contributed by atoms with Crippen molar-refractivity contribution in [1.29, 1.82) is 0 Å². The van der Waals surface area contributed by atoms with Crippen LogP contribution in [0.3, 0.4) is 0 Å². The van der Waals surface area contributed by atoms with E-state index in [1.807, 2.05) is 12.2 Å². The fourth-order valence-corrected chi connectivity index (χ4v) is 1.82. The molecule has 0 aromatic rings. The topological polar surface area (TPSA) is 64.6 Å². The normalized spacial score (nSPS) is 25.4. The lowest BCUT2D eigenvalue weighted by Crippen LogP contribution is -2.17. The van der Waals surface area contributed by atoms with E-state index in [-0.39, 0.29) is 23.8 Å². The second kappa shape index (κ2) is 5.53. The van der Waals surface area contributed by atoms with Gasteiger partial charge in [-0.15, -0.1) is 0 Å². The van der Waals surface area contributed by atoms with Crippen molar-refractivity contribution in [1.82, 2.24) is 5.32 Å². The summed E-state index contributed by atoms with van der Waals surface area (Å²) >= 11 is 0. The molecular weight excluding hydrogens is 258 g/mol. The van der Waals surface area contributed by atoms with Crippen LogP contribution in [0, 0.1) is 11.8 Å². The van der Waals surface area contributed by atoms with Crippen molar-refractivity contribution >= 4 is 11.9 Å². The highest BCUT2D eigenvalue weighted by Crippen LogP contribution is 2.31. The third kappa shape index (κ3) is 3.50. The van der Waals surface area contributed by atoms with E-state index < -0.39 is 0 Å². The molecule has 0 unspecified atom stereocenters. The van der Waals surface area contributed by atoms with Crippen LogP contribution in [0.2, 0.25) is 0 Å². The summed E-state index contributed by atoms with van der Waals surface area (Å²) in [6.45, 7) is 0. The minimum Gasteiger partial charge on any atom is -0.432 e. The molecule has 0 spiro atoms. The summed E-state index contributed by atoms with van der Waals surface area (Å²) in [5, 5.41) is 3.06. The van der Waals surface area contributed by atoms with Gasteiger partial charge in [0.15, 0.2) is 0 Å². The summed E-state index contributed by atoms with van der Waals surface area (Å²) in [6, 6.07) is 0. The predicted molar refractivity (Wildman–Crippen MR) is 70.7 cm³/mol. The Balaban J connectivity index is 1.52. The lowest BCUT2D eigenvalue weighted by Gasteiger charge is -2.14. The van der Waals surface area contributed by atoms with Crippen LogP contribution < -0.4 is 5.32 Å². The van der Waals surface area contributed by atoms with E-state index in [2.05, 4.69) is 5.32 Å². The van der Waals surface area contributed by atoms with Crippen molar-refractivity contribution in [3.05, 3.63) is 36.1 Å². The molecule has 0 aromatic carbocycles. The number of ether oxygens (including phenoxy) is 2. The number of hydrogen-bond acceptors (Lipinski definition) is 5. The third-order valence-corrected chi connectivity index (χ3v) is 3.38. The monoisotopic (exact) mass is 275 g/mol. The van der Waals surface area contributed by atoms with Gasteiger partial charge in [-0.25, -0.2) is 0 Å². The van der Waals surface area contributed by atoms with E-state index in [1.54, 1.807) is 0 Å². The molecule has 106 valence electrons. The average molecular weight is 275 g/mol. The minimum atomic E-state index is -0.177. The van der Waals surface area contributed by atoms with Gasteiger partial charge in [0.2, 0.25) is 0 Å². The smallest absolute Gasteiger partial charge is 0.313 e. The van der Waals surface area contributed by atoms with Crippen molar-refractivity contribution in [3.8, 4) is 0 Å². The SMILES string of the molecule is O=C(O/C=C1/CC=C/C(=C\OC(=O)C2CC2)N1)C1CC1. The molecular formula is C15H17NO4. The Morgan fingerprint density at radius 3 is 2.25 bits per heavy atom. The zero-order valence-electron chi connectivity index (χ0n) is 11.1. The maximum Gasteiger partial charge on any atom is 0.313 e. The summed E-state index contributed by atoms with van der Waals surface area (Å²) in [6.07, 6.45) is 11.0. The van der Waals surface area contributed by atoms with Crippen LogP contribution in [-0.4, -0.2) is 11.9 Å². The first-order chi connectivity index (χ1) is 9.72. The maximum atomic E-state index is 11.4. The Labute approximate surface area is 117 Å². The Morgan fingerprint density at radius 1 is 1.05 bits per heavy atom. The molecule has 0 aromatic heterocycles. The molecule has 0 bridgehead atoms. The van der Waals surface area contributed by atoms with Crippen molar-refractivity contribution in [2.75, 3.05) is 0 Å². The van der Waals surface area contributed by atoms with Crippen LogP contribution in [0.1, 0.15) is 32.1 Å². The molecule has 20 heavy (non-hydrogen) atoms. The van der Waals surface area contributed by atoms with Crippen LogP contribution in [0.5, 0.6) is 0 Å². The molecule has 0 amide bonds. The van der Waals surface area contributed by atoms with Gasteiger partial charge < -0.3 is 14.8 Å². The van der Waals surface area contributed by atoms with Crippen molar-refractivity contribution in [2.45, 2.75) is 32.1 Å². The van der Waals surface area contributed by atoms with Crippen LogP contribution in [0.15, 0.2) is 36.1 Å². The first-order valence-electron chi connectivity index (χ1n) is 6.96. The molecule has 1 N–H and O–H groups in total. The summed E-state index contributed by atoms with van der Waals surface area (Å²) in [7, 11) is 0. The van der Waals surface area contributed by atoms with E-state index in [4.69, 9.17) is 9.47 Å². The van der Waals surface area contributed by atoms with Crippen molar-refractivity contribution in [3.63, 3.8) is 0 Å². The molecule has 5 heteroatoms. The molecule has 0 radical (unpaired) electrons. The largest absolute Gasteiger partial charge is 0.432 e. The average Bonchev–Trinajstić information content (AvgIpc) is 3.31. The van der Waals surface area contributed by atoms with E-state index in [0.717, 1.165) is 31.4 Å². The summed E-state index contributed by atoms with van der Waals surface area (Å²) < 4.78 is 10.2. The van der Waals surface area contributed by atoms with Gasteiger partial charge in [-0.1, -0.05) is 6.08 Å². The molecule has 2 saturated carbocycles. The molecule has 3 rings (SSSR count). The van der Waals surface area contributed by atoms with Crippen LogP contribution >= 0.6 is 0 Å². The van der Waals surface area contributed by atoms with Crippen molar-refractivity contribution in [2.24, 2.45) is 11.8 Å². The summed E-state index contributed by atoms with van der Waals surface area (Å²) in [5.41, 5.74) is 1.45. The lowest BCUT2D eigenvalue weighted by atomic mass is 10.2. The van der Waals surface area contributed by atoms with Gasteiger partial charge in [0.05, 0.1) is 23.2 Å². The van der Waals surface area contributed by atoms with E-state index >= 15 is 0 Å². The highest BCUT2D eigenvalue weighted by molar-refractivity contribution is 5.76. The number of allylic oxidation sites excluding steroid dienone is 2. The molecule has 5 nitrogen and oxygen atoms in total. The van der Waals surface area contributed by atoms with E-state index in [1.165, 1.54) is 12.5 Å². The van der Waals surface area contributed by atoms with Gasteiger partial charge in [-0.3, -0.25) is 9.59 Å². The standard InChI is InChI=1S/C15H17NO4/c17-14(10-4-5-10)19-8-12-2-1-3-13(16-12)9-20-15(18)11-6-7-11/h1-2,8-11,16H,3-7H2/b12-8+,13-9-. The van der Waals surface area contributed by atoms with Gasteiger partial charge in [-0.2, -0.15) is 0 Å². The molecule has 2 aliphatic carbocycles. The van der Waals surface area contributed by atoms with Crippen LogP contribution in [-0.2, 0) is 19.1 Å². The van der Waals surface area contributed by atoms with Crippen LogP contribution in [0.4, 0.5) is 0 Å². The predicted octanol–water partition coefficient (Wildman–Crippen LogP) is 2.13. The fourth-order valence-electron chi connectivity index (χ4n) is 1.82. The van der Waals surface area contributed by atoms with E-state index in [0.29, 0.717) is 12.1 Å². The Kier molecular flexibility index (Phi) is 3.58. The first kappa shape index (κ1) is 13.0. The molecule has 0 atom stereocenters. The van der Waals surface area contributed by atoms with Gasteiger partial charge in [0.25, 0.3) is 0 Å². The van der Waals surface area contributed by atoms with Gasteiger partial charge in [0.1, 0.15) is 12.5 Å². The number of carbonyl (C=O) groups excluding carboxylic acids is 2.